The van der Waals surface area contributed by atoms with E-state index in [4.69, 9.17) is 0 Å². The van der Waals surface area contributed by atoms with Crippen molar-refractivity contribution in [3.05, 3.63) is 127 Å². The third-order valence-electron chi connectivity index (χ3n) is 7.49. The van der Waals surface area contributed by atoms with Crippen LogP contribution in [0.4, 0.5) is 0 Å². The molecule has 6 aromatic carbocycles. The first-order valence-electron chi connectivity index (χ1n) is 12.4. The van der Waals surface area contributed by atoms with Gasteiger partial charge in [-0.15, -0.1) is 0 Å². The van der Waals surface area contributed by atoms with E-state index in [1.807, 2.05) is 0 Å². The number of rotatable bonds is 2. The Morgan fingerprint density at radius 1 is 0.500 bits per heavy atom. The predicted octanol–water partition coefficient (Wildman–Crippen LogP) is 9.24. The molecule has 0 aliphatic carbocycles. The summed E-state index contributed by atoms with van der Waals surface area (Å²) in [5.41, 5.74) is 8.50. The summed E-state index contributed by atoms with van der Waals surface area (Å²) in [6.45, 7) is 0. The lowest BCUT2D eigenvalue weighted by atomic mass is 9.96. The van der Waals surface area contributed by atoms with Crippen LogP contribution in [-0.2, 0) is 0 Å². The van der Waals surface area contributed by atoms with Crippen LogP contribution in [-0.4, -0.2) is 9.55 Å². The van der Waals surface area contributed by atoms with Crippen molar-refractivity contribution in [1.82, 2.24) is 9.55 Å². The van der Waals surface area contributed by atoms with Gasteiger partial charge in [0.25, 0.3) is 0 Å². The fourth-order valence-electron chi connectivity index (χ4n) is 5.92. The van der Waals surface area contributed by atoms with E-state index in [-0.39, 0.29) is 0 Å². The lowest BCUT2D eigenvalue weighted by molar-refractivity contribution is 1.19. The summed E-state index contributed by atoms with van der Waals surface area (Å²) >= 11 is 0. The molecule has 0 aliphatic heterocycles. The van der Waals surface area contributed by atoms with Crippen LogP contribution in [0.15, 0.2) is 127 Å². The molecule has 0 radical (unpaired) electrons. The summed E-state index contributed by atoms with van der Waals surface area (Å²) in [6, 6.07) is 46.0. The van der Waals surface area contributed by atoms with Crippen LogP contribution in [0.25, 0.3) is 71.2 Å². The Hall–Kier alpha value is -4.82. The van der Waals surface area contributed by atoms with Gasteiger partial charge < -0.3 is 9.55 Å². The minimum absolute atomic E-state index is 1.17. The highest BCUT2D eigenvalue weighted by molar-refractivity contribution is 6.26. The van der Waals surface area contributed by atoms with Crippen LogP contribution < -0.4 is 0 Å². The second kappa shape index (κ2) is 7.34. The quantitative estimate of drug-likeness (QED) is 0.266. The average molecular weight is 459 g/mol. The van der Waals surface area contributed by atoms with Gasteiger partial charge in [-0.25, -0.2) is 0 Å². The smallest absolute Gasteiger partial charge is 0.0641 e. The maximum atomic E-state index is 3.64. The predicted molar refractivity (Wildman–Crippen MR) is 153 cm³/mol. The maximum absolute atomic E-state index is 3.64. The molecule has 1 N–H and O–H groups in total. The molecule has 0 saturated heterocycles. The van der Waals surface area contributed by atoms with Crippen LogP contribution in [0.1, 0.15) is 0 Å². The molecule has 8 aromatic rings. The number of aromatic nitrogens is 2. The van der Waals surface area contributed by atoms with Crippen molar-refractivity contribution < 1.29 is 0 Å². The summed E-state index contributed by atoms with van der Waals surface area (Å²) in [5, 5.41) is 7.61. The third-order valence-corrected chi connectivity index (χ3v) is 7.49. The minimum Gasteiger partial charge on any atom is -0.354 e. The molecular formula is C34H22N2. The van der Waals surface area contributed by atoms with Crippen LogP contribution in [0.2, 0.25) is 0 Å². The monoisotopic (exact) mass is 458 g/mol. The molecule has 168 valence electrons. The van der Waals surface area contributed by atoms with Gasteiger partial charge in [0.1, 0.15) is 0 Å². The minimum atomic E-state index is 1.17. The molecule has 8 rings (SSSR count). The molecule has 0 saturated carbocycles. The van der Waals surface area contributed by atoms with Crippen molar-refractivity contribution in [2.24, 2.45) is 0 Å². The number of fused-ring (bicyclic) bond motifs is 8. The Morgan fingerprint density at radius 3 is 2.14 bits per heavy atom. The largest absolute Gasteiger partial charge is 0.354 e. The zero-order valence-corrected chi connectivity index (χ0v) is 19.6. The van der Waals surface area contributed by atoms with Crippen molar-refractivity contribution in [3.8, 4) is 16.8 Å². The van der Waals surface area contributed by atoms with E-state index >= 15 is 0 Å². The van der Waals surface area contributed by atoms with Crippen LogP contribution >= 0.6 is 0 Å². The Kier molecular flexibility index (Phi) is 3.97. The average Bonchev–Trinajstić information content (AvgIpc) is 3.47. The van der Waals surface area contributed by atoms with Crippen LogP contribution in [0.5, 0.6) is 0 Å². The van der Waals surface area contributed by atoms with E-state index in [0.29, 0.717) is 0 Å². The highest BCUT2D eigenvalue weighted by Crippen LogP contribution is 2.42. The molecule has 0 amide bonds. The van der Waals surface area contributed by atoms with E-state index in [2.05, 4.69) is 137 Å². The van der Waals surface area contributed by atoms with Gasteiger partial charge in [-0.3, -0.25) is 0 Å². The van der Waals surface area contributed by atoms with Crippen molar-refractivity contribution >= 4 is 54.4 Å². The zero-order chi connectivity index (χ0) is 23.6. The van der Waals surface area contributed by atoms with Crippen LogP contribution in [0.3, 0.4) is 0 Å². The molecular weight excluding hydrogens is 436 g/mol. The summed E-state index contributed by atoms with van der Waals surface area (Å²) in [5.74, 6) is 0. The van der Waals surface area contributed by atoms with Gasteiger partial charge in [0.15, 0.2) is 0 Å². The second-order valence-electron chi connectivity index (χ2n) is 9.49. The number of nitrogens with zero attached hydrogens (tertiary/aromatic N) is 1. The van der Waals surface area contributed by atoms with E-state index in [1.54, 1.807) is 0 Å². The first-order valence-corrected chi connectivity index (χ1v) is 12.4. The van der Waals surface area contributed by atoms with Gasteiger partial charge in [0, 0.05) is 38.3 Å². The Morgan fingerprint density at radius 2 is 1.28 bits per heavy atom. The number of nitrogens with one attached hydrogen (secondary N) is 1. The number of hydrogen-bond acceptors (Lipinski definition) is 0. The van der Waals surface area contributed by atoms with Crippen molar-refractivity contribution in [2.75, 3.05) is 0 Å². The summed E-state index contributed by atoms with van der Waals surface area (Å²) in [6.07, 6.45) is 0. The highest BCUT2D eigenvalue weighted by atomic mass is 15.0. The number of para-hydroxylation sites is 2. The fourth-order valence-corrected chi connectivity index (χ4v) is 5.92. The van der Waals surface area contributed by atoms with E-state index in [0.717, 1.165) is 0 Å². The normalized spacial score (nSPS) is 11.9. The Labute approximate surface area is 208 Å². The standard InChI is InChI=1S/C34H22N2/c1-3-10-22(11-4-1)25-16-9-12-23-20-32-29(21-28(23)25)26-18-19-31-33(27-15-7-8-17-30(27)35-31)34(26)36(32)24-13-5-2-6-14-24/h1-21,35H. The number of aromatic amines is 1. The van der Waals surface area contributed by atoms with Crippen molar-refractivity contribution in [3.63, 3.8) is 0 Å². The first-order chi connectivity index (χ1) is 17.9. The van der Waals surface area contributed by atoms with Crippen LogP contribution in [0, 0.1) is 0 Å². The van der Waals surface area contributed by atoms with Crippen molar-refractivity contribution in [2.45, 2.75) is 0 Å². The molecule has 2 heteroatoms. The van der Waals surface area contributed by atoms with Gasteiger partial charge in [0.2, 0.25) is 0 Å². The highest BCUT2D eigenvalue weighted by Gasteiger charge is 2.19. The molecule has 0 atom stereocenters. The fraction of sp³-hybridized carbons (Fsp3) is 0. The summed E-state index contributed by atoms with van der Waals surface area (Å²) in [7, 11) is 0. The van der Waals surface area contributed by atoms with Gasteiger partial charge in [0.05, 0.1) is 11.0 Å². The SMILES string of the molecule is c1ccc(-c2cccc3cc4c(cc23)c2ccc3[nH]c5ccccc5c3c2n4-c2ccccc2)cc1. The van der Waals surface area contributed by atoms with Gasteiger partial charge in [-0.2, -0.15) is 0 Å². The number of hydrogen-bond donors (Lipinski definition) is 1. The lowest BCUT2D eigenvalue weighted by Crippen LogP contribution is -1.94. The maximum Gasteiger partial charge on any atom is 0.0641 e. The Balaban J connectivity index is 1.60. The van der Waals surface area contributed by atoms with Gasteiger partial charge in [-0.1, -0.05) is 91.0 Å². The second-order valence-corrected chi connectivity index (χ2v) is 9.49. The molecule has 0 fully saturated rings. The Bertz CT molecular complexity index is 2080. The first kappa shape index (κ1) is 19.5. The summed E-state index contributed by atoms with van der Waals surface area (Å²) < 4.78 is 2.45. The molecule has 36 heavy (non-hydrogen) atoms. The molecule has 2 nitrogen and oxygen atoms in total. The van der Waals surface area contributed by atoms with Crippen molar-refractivity contribution in [1.29, 1.82) is 0 Å². The van der Waals surface area contributed by atoms with E-state index < -0.39 is 0 Å². The van der Waals surface area contributed by atoms with E-state index in [9.17, 15) is 0 Å². The molecule has 0 aliphatic rings. The zero-order valence-electron chi connectivity index (χ0n) is 19.6. The summed E-state index contributed by atoms with van der Waals surface area (Å²) in [4.78, 5) is 3.64. The molecule has 2 aromatic heterocycles. The molecule has 2 heterocycles. The molecule has 0 unspecified atom stereocenters. The number of H-pyrrole nitrogens is 1. The number of benzene rings is 6. The van der Waals surface area contributed by atoms with E-state index in [1.165, 1.54) is 71.2 Å². The van der Waals surface area contributed by atoms with Gasteiger partial charge in [-0.05, 0) is 58.3 Å². The third kappa shape index (κ3) is 2.67. The lowest BCUT2D eigenvalue weighted by Gasteiger charge is -2.11. The molecule has 0 spiro atoms. The molecule has 0 bridgehead atoms. The topological polar surface area (TPSA) is 20.7 Å². The van der Waals surface area contributed by atoms with Gasteiger partial charge >= 0.3 is 0 Å².